The van der Waals surface area contributed by atoms with E-state index in [4.69, 9.17) is 5.11 Å². The molecule has 4 heteroatoms. The van der Waals surface area contributed by atoms with Crippen molar-refractivity contribution in [3.05, 3.63) is 21.4 Å². The highest BCUT2D eigenvalue weighted by molar-refractivity contribution is 7.14. The van der Waals surface area contributed by atoms with Gasteiger partial charge in [0.1, 0.15) is 0 Å². The van der Waals surface area contributed by atoms with Crippen molar-refractivity contribution in [1.82, 2.24) is 5.32 Å². The van der Waals surface area contributed by atoms with Crippen molar-refractivity contribution < 1.29 is 9.90 Å². The third-order valence-electron chi connectivity index (χ3n) is 4.07. The van der Waals surface area contributed by atoms with E-state index in [1.807, 2.05) is 6.07 Å². The zero-order valence-electron chi connectivity index (χ0n) is 11.7. The van der Waals surface area contributed by atoms with Crippen LogP contribution in [-0.2, 0) is 6.42 Å². The van der Waals surface area contributed by atoms with Gasteiger partial charge >= 0.3 is 0 Å². The maximum Gasteiger partial charge on any atom is 0.261 e. The van der Waals surface area contributed by atoms with Crippen molar-refractivity contribution in [2.24, 2.45) is 5.92 Å². The van der Waals surface area contributed by atoms with Gasteiger partial charge in [-0.05, 0) is 56.6 Å². The maximum atomic E-state index is 12.2. The summed E-state index contributed by atoms with van der Waals surface area (Å²) in [4.78, 5) is 14.3. The van der Waals surface area contributed by atoms with Gasteiger partial charge in [0.2, 0.25) is 0 Å². The summed E-state index contributed by atoms with van der Waals surface area (Å²) in [7, 11) is 0. The highest BCUT2D eigenvalue weighted by atomic mass is 32.1. The highest BCUT2D eigenvalue weighted by Gasteiger charge is 2.23. The van der Waals surface area contributed by atoms with Crippen LogP contribution >= 0.6 is 11.3 Å². The Morgan fingerprint density at radius 3 is 2.63 bits per heavy atom. The molecule has 2 rings (SSSR count). The van der Waals surface area contributed by atoms with Gasteiger partial charge in [-0.25, -0.2) is 0 Å². The predicted molar refractivity (Wildman–Crippen MR) is 78.7 cm³/mol. The van der Waals surface area contributed by atoms with Crippen LogP contribution in [0, 0.1) is 12.8 Å². The minimum absolute atomic E-state index is 0.0697. The molecular weight excluding hydrogens is 258 g/mol. The summed E-state index contributed by atoms with van der Waals surface area (Å²) in [5.74, 6) is 0.504. The van der Waals surface area contributed by atoms with Crippen LogP contribution in [0.5, 0.6) is 0 Å². The lowest BCUT2D eigenvalue weighted by Crippen LogP contribution is -2.37. The number of carbonyl (C=O) groups is 1. The minimum atomic E-state index is 0.0697. The topological polar surface area (TPSA) is 49.3 Å². The fraction of sp³-hybridized carbons (Fsp3) is 0.667. The molecule has 1 aliphatic carbocycles. The van der Waals surface area contributed by atoms with E-state index in [1.54, 1.807) is 11.3 Å². The predicted octanol–water partition coefficient (Wildman–Crippen LogP) is 2.90. The van der Waals surface area contributed by atoms with E-state index in [-0.39, 0.29) is 18.6 Å². The number of aliphatic hydroxyl groups excluding tert-OH is 1. The number of carbonyl (C=O) groups excluding carboxylic acids is 1. The molecule has 1 fully saturated rings. The van der Waals surface area contributed by atoms with E-state index < -0.39 is 0 Å². The monoisotopic (exact) mass is 281 g/mol. The molecule has 1 aromatic rings. The fourth-order valence-electron chi connectivity index (χ4n) is 2.73. The van der Waals surface area contributed by atoms with Gasteiger partial charge in [0.15, 0.2) is 0 Å². The van der Waals surface area contributed by atoms with Crippen molar-refractivity contribution in [2.45, 2.75) is 52.0 Å². The van der Waals surface area contributed by atoms with Gasteiger partial charge in [-0.1, -0.05) is 6.92 Å². The third-order valence-corrected chi connectivity index (χ3v) is 5.16. The molecule has 0 unspecified atom stereocenters. The summed E-state index contributed by atoms with van der Waals surface area (Å²) in [5.41, 5.74) is 1.28. The van der Waals surface area contributed by atoms with Crippen molar-refractivity contribution in [3.63, 3.8) is 0 Å². The summed E-state index contributed by atoms with van der Waals surface area (Å²) >= 11 is 1.59. The van der Waals surface area contributed by atoms with Crippen LogP contribution in [-0.4, -0.2) is 23.7 Å². The molecule has 0 radical (unpaired) electrons. The Hall–Kier alpha value is -0.870. The van der Waals surface area contributed by atoms with Gasteiger partial charge in [0.25, 0.3) is 5.91 Å². The highest BCUT2D eigenvalue weighted by Crippen LogP contribution is 2.25. The molecule has 1 aliphatic rings. The van der Waals surface area contributed by atoms with Crippen LogP contribution in [0.4, 0.5) is 0 Å². The van der Waals surface area contributed by atoms with Gasteiger partial charge in [-0.15, -0.1) is 11.3 Å². The fourth-order valence-corrected chi connectivity index (χ4v) is 3.75. The molecule has 0 atom stereocenters. The second kappa shape index (κ2) is 6.53. The van der Waals surface area contributed by atoms with E-state index >= 15 is 0 Å². The van der Waals surface area contributed by atoms with Crippen molar-refractivity contribution in [2.75, 3.05) is 6.61 Å². The Bertz CT molecular complexity index is 433. The van der Waals surface area contributed by atoms with Crippen LogP contribution in [0.2, 0.25) is 0 Å². The van der Waals surface area contributed by atoms with Crippen molar-refractivity contribution in [3.8, 4) is 0 Å². The molecule has 0 saturated heterocycles. The van der Waals surface area contributed by atoms with Crippen LogP contribution in [0.3, 0.4) is 0 Å². The first-order chi connectivity index (χ1) is 9.13. The zero-order valence-corrected chi connectivity index (χ0v) is 12.6. The largest absolute Gasteiger partial charge is 0.396 e. The SMILES string of the molecule is CCc1cc(C(=O)NC2CCC(CO)CC2)sc1C. The maximum absolute atomic E-state index is 12.2. The average Bonchev–Trinajstić information content (AvgIpc) is 2.81. The summed E-state index contributed by atoms with van der Waals surface area (Å²) in [5, 5.41) is 12.2. The molecule has 0 spiro atoms. The molecule has 106 valence electrons. The van der Waals surface area contributed by atoms with Crippen LogP contribution in [0.15, 0.2) is 6.07 Å². The van der Waals surface area contributed by atoms with E-state index in [0.29, 0.717) is 5.92 Å². The lowest BCUT2D eigenvalue weighted by atomic mass is 9.86. The van der Waals surface area contributed by atoms with E-state index in [9.17, 15) is 4.79 Å². The molecule has 0 bridgehead atoms. The lowest BCUT2D eigenvalue weighted by Gasteiger charge is -2.27. The molecule has 1 amide bonds. The molecule has 1 heterocycles. The number of hydrogen-bond acceptors (Lipinski definition) is 3. The molecule has 0 aliphatic heterocycles. The first-order valence-electron chi connectivity index (χ1n) is 7.15. The summed E-state index contributed by atoms with van der Waals surface area (Å²) in [6, 6.07) is 2.30. The second-order valence-electron chi connectivity index (χ2n) is 5.42. The number of amides is 1. The van der Waals surface area contributed by atoms with Gasteiger partial charge < -0.3 is 10.4 Å². The first kappa shape index (κ1) is 14.5. The first-order valence-corrected chi connectivity index (χ1v) is 7.96. The molecular formula is C15H23NO2S. The number of nitrogens with one attached hydrogen (secondary N) is 1. The Labute approximate surface area is 119 Å². The number of aryl methyl sites for hydroxylation is 2. The Morgan fingerprint density at radius 2 is 2.11 bits per heavy atom. The van der Waals surface area contributed by atoms with Gasteiger partial charge in [-0.2, -0.15) is 0 Å². The minimum Gasteiger partial charge on any atom is -0.396 e. The van der Waals surface area contributed by atoms with Crippen LogP contribution in [0.1, 0.15) is 52.7 Å². The molecule has 19 heavy (non-hydrogen) atoms. The summed E-state index contributed by atoms with van der Waals surface area (Å²) in [6.07, 6.45) is 5.00. The number of rotatable bonds is 4. The lowest BCUT2D eigenvalue weighted by molar-refractivity contribution is 0.0918. The number of aliphatic hydroxyl groups is 1. The summed E-state index contributed by atoms with van der Waals surface area (Å²) in [6.45, 7) is 4.48. The van der Waals surface area contributed by atoms with Gasteiger partial charge in [-0.3, -0.25) is 4.79 Å². The number of thiophene rings is 1. The van der Waals surface area contributed by atoms with Crippen molar-refractivity contribution in [1.29, 1.82) is 0 Å². The van der Waals surface area contributed by atoms with Crippen LogP contribution < -0.4 is 5.32 Å². The third kappa shape index (κ3) is 3.57. The Kier molecular flexibility index (Phi) is 4.99. The summed E-state index contributed by atoms with van der Waals surface area (Å²) < 4.78 is 0. The van der Waals surface area contributed by atoms with E-state index in [1.165, 1.54) is 10.4 Å². The van der Waals surface area contributed by atoms with Gasteiger partial charge in [0, 0.05) is 17.5 Å². The zero-order chi connectivity index (χ0) is 13.8. The molecule has 1 aromatic heterocycles. The molecule has 3 nitrogen and oxygen atoms in total. The molecule has 1 saturated carbocycles. The van der Waals surface area contributed by atoms with E-state index in [0.717, 1.165) is 37.0 Å². The quantitative estimate of drug-likeness (QED) is 0.891. The van der Waals surface area contributed by atoms with E-state index in [2.05, 4.69) is 19.2 Å². The normalized spacial score (nSPS) is 23.3. The molecule has 0 aromatic carbocycles. The average molecular weight is 281 g/mol. The Balaban J connectivity index is 1.90. The standard InChI is InChI=1S/C15H23NO2S/c1-3-12-8-14(19-10(12)2)15(18)16-13-6-4-11(9-17)5-7-13/h8,11,13,17H,3-7,9H2,1-2H3,(H,16,18). The van der Waals surface area contributed by atoms with Crippen LogP contribution in [0.25, 0.3) is 0 Å². The van der Waals surface area contributed by atoms with Gasteiger partial charge in [0.05, 0.1) is 4.88 Å². The smallest absolute Gasteiger partial charge is 0.261 e. The van der Waals surface area contributed by atoms with Crippen molar-refractivity contribution >= 4 is 17.2 Å². The Morgan fingerprint density at radius 1 is 1.42 bits per heavy atom. The molecule has 2 N–H and O–H groups in total. The number of hydrogen-bond donors (Lipinski definition) is 2. The second-order valence-corrected chi connectivity index (χ2v) is 6.68.